The Bertz CT molecular complexity index is 1170. The van der Waals surface area contributed by atoms with Gasteiger partial charge in [0, 0.05) is 41.4 Å². The Morgan fingerprint density at radius 3 is 2.29 bits per heavy atom. The van der Waals surface area contributed by atoms with Gasteiger partial charge in [0.25, 0.3) is 5.91 Å². The van der Waals surface area contributed by atoms with E-state index >= 15 is 0 Å². The molecular weight excluding hydrogens is 474 g/mol. The molecule has 34 heavy (non-hydrogen) atoms. The molecule has 8 nitrogen and oxygen atoms in total. The molecule has 2 aromatic carbocycles. The third-order valence-electron chi connectivity index (χ3n) is 5.14. The van der Waals surface area contributed by atoms with E-state index in [1.54, 1.807) is 50.2 Å². The fourth-order valence-electron chi connectivity index (χ4n) is 3.45. The number of rotatable bonds is 9. The van der Waals surface area contributed by atoms with Crippen molar-refractivity contribution in [2.75, 3.05) is 24.4 Å². The Morgan fingerprint density at radius 2 is 1.68 bits per heavy atom. The lowest BCUT2D eigenvalue weighted by Gasteiger charge is -2.13. The largest absolute Gasteiger partial charge is 0.497 e. The van der Waals surface area contributed by atoms with Crippen molar-refractivity contribution in [2.45, 2.75) is 24.3 Å². The van der Waals surface area contributed by atoms with Gasteiger partial charge in [-0.3, -0.25) is 24.6 Å². The van der Waals surface area contributed by atoms with Crippen molar-refractivity contribution >= 4 is 51.6 Å². The number of amides is 3. The van der Waals surface area contributed by atoms with Crippen molar-refractivity contribution in [1.29, 1.82) is 0 Å². The third kappa shape index (κ3) is 5.57. The van der Waals surface area contributed by atoms with Gasteiger partial charge in [0.1, 0.15) is 11.5 Å². The summed E-state index contributed by atoms with van der Waals surface area (Å²) in [4.78, 5) is 42.0. The molecule has 1 aliphatic heterocycles. The van der Waals surface area contributed by atoms with Gasteiger partial charge in [-0.2, -0.15) is 11.8 Å². The van der Waals surface area contributed by atoms with E-state index in [-0.39, 0.29) is 30.6 Å². The highest BCUT2D eigenvalue weighted by Gasteiger charge is 2.30. The Hall–Kier alpha value is -3.37. The van der Waals surface area contributed by atoms with E-state index in [4.69, 9.17) is 9.47 Å². The van der Waals surface area contributed by atoms with Gasteiger partial charge in [-0.1, -0.05) is 0 Å². The van der Waals surface area contributed by atoms with Gasteiger partial charge in [0.2, 0.25) is 11.8 Å². The minimum atomic E-state index is -0.303. The number of nitrogens with one attached hydrogen (secondary N) is 1. The SMILES string of the molecule is COc1cc(CSCc2csc(NC(=O)c3ccc(N4C(=O)CCC4=O)cc3)n2)cc(OC)c1. The molecule has 0 bridgehead atoms. The number of anilines is 2. The van der Waals surface area contributed by atoms with Crippen LogP contribution in [0.3, 0.4) is 0 Å². The highest BCUT2D eigenvalue weighted by molar-refractivity contribution is 7.97. The number of benzene rings is 2. The first-order valence-corrected chi connectivity index (χ1v) is 12.5. The fraction of sp³-hybridized carbons (Fsp3) is 0.250. The number of thioether (sulfide) groups is 1. The molecule has 1 N–H and O–H groups in total. The Morgan fingerprint density at radius 1 is 1.03 bits per heavy atom. The van der Waals surface area contributed by atoms with Crippen LogP contribution in [0.2, 0.25) is 0 Å². The zero-order valence-electron chi connectivity index (χ0n) is 18.7. The molecule has 2 heterocycles. The Labute approximate surface area is 205 Å². The van der Waals surface area contributed by atoms with Gasteiger partial charge in [0.05, 0.1) is 25.6 Å². The molecule has 1 fully saturated rings. The van der Waals surface area contributed by atoms with E-state index in [1.807, 2.05) is 23.6 Å². The second-order valence-electron chi connectivity index (χ2n) is 7.48. The van der Waals surface area contributed by atoms with Gasteiger partial charge in [-0.05, 0) is 42.0 Å². The summed E-state index contributed by atoms with van der Waals surface area (Å²) in [5.74, 6) is 2.21. The molecule has 1 aromatic heterocycles. The summed E-state index contributed by atoms with van der Waals surface area (Å²) in [5.41, 5.74) is 2.86. The van der Waals surface area contributed by atoms with Crippen molar-refractivity contribution in [1.82, 2.24) is 4.98 Å². The van der Waals surface area contributed by atoms with Crippen LogP contribution in [0.4, 0.5) is 10.8 Å². The number of carbonyl (C=O) groups is 3. The quantitative estimate of drug-likeness (QED) is 0.435. The third-order valence-corrected chi connectivity index (χ3v) is 6.99. The van der Waals surface area contributed by atoms with E-state index in [9.17, 15) is 14.4 Å². The summed E-state index contributed by atoms with van der Waals surface area (Å²) >= 11 is 3.06. The Balaban J connectivity index is 1.31. The lowest BCUT2D eigenvalue weighted by molar-refractivity contribution is -0.121. The zero-order valence-corrected chi connectivity index (χ0v) is 20.3. The van der Waals surface area contributed by atoms with E-state index in [0.717, 1.165) is 33.4 Å². The van der Waals surface area contributed by atoms with Gasteiger partial charge in [0.15, 0.2) is 5.13 Å². The maximum Gasteiger partial charge on any atom is 0.257 e. The number of aromatic nitrogens is 1. The summed E-state index contributed by atoms with van der Waals surface area (Å²) in [5, 5.41) is 5.23. The highest BCUT2D eigenvalue weighted by atomic mass is 32.2. The maximum absolute atomic E-state index is 12.6. The first-order valence-electron chi connectivity index (χ1n) is 10.5. The predicted molar refractivity (Wildman–Crippen MR) is 133 cm³/mol. The summed E-state index contributed by atoms with van der Waals surface area (Å²) in [7, 11) is 3.25. The highest BCUT2D eigenvalue weighted by Crippen LogP contribution is 2.28. The van der Waals surface area contributed by atoms with E-state index in [1.165, 1.54) is 11.3 Å². The first-order chi connectivity index (χ1) is 16.5. The lowest BCUT2D eigenvalue weighted by atomic mass is 10.2. The molecule has 0 unspecified atom stereocenters. The molecule has 0 aliphatic carbocycles. The number of methoxy groups -OCH3 is 2. The molecule has 0 spiro atoms. The van der Waals surface area contributed by atoms with Crippen molar-refractivity contribution in [3.8, 4) is 11.5 Å². The van der Waals surface area contributed by atoms with Crippen LogP contribution in [0.25, 0.3) is 0 Å². The lowest BCUT2D eigenvalue weighted by Crippen LogP contribution is -2.28. The summed E-state index contributed by atoms with van der Waals surface area (Å²) in [6.45, 7) is 0. The topological polar surface area (TPSA) is 97.8 Å². The van der Waals surface area contributed by atoms with E-state index in [0.29, 0.717) is 22.1 Å². The maximum atomic E-state index is 12.6. The molecule has 0 radical (unpaired) electrons. The van der Waals surface area contributed by atoms with Crippen molar-refractivity contribution in [3.63, 3.8) is 0 Å². The van der Waals surface area contributed by atoms with Crippen LogP contribution in [-0.4, -0.2) is 36.9 Å². The van der Waals surface area contributed by atoms with Crippen molar-refractivity contribution in [2.24, 2.45) is 0 Å². The van der Waals surface area contributed by atoms with Crippen LogP contribution >= 0.6 is 23.1 Å². The molecule has 10 heteroatoms. The smallest absolute Gasteiger partial charge is 0.257 e. The van der Waals surface area contributed by atoms with Crippen molar-refractivity contribution in [3.05, 3.63) is 64.7 Å². The second kappa shape index (κ2) is 10.7. The molecule has 4 rings (SSSR count). The molecule has 0 atom stereocenters. The summed E-state index contributed by atoms with van der Waals surface area (Å²) in [6.07, 6.45) is 0.443. The standard InChI is InChI=1S/C24H23N3O5S2/c1-31-19-9-15(10-20(11-19)32-2)12-33-13-17-14-34-24(25-17)26-23(30)16-3-5-18(6-4-16)27-21(28)7-8-22(27)29/h3-6,9-11,14H,7-8,12-13H2,1-2H3,(H,25,26,30). The first kappa shape index (κ1) is 23.8. The van der Waals surface area contributed by atoms with E-state index in [2.05, 4.69) is 10.3 Å². The normalized spacial score (nSPS) is 13.3. The monoisotopic (exact) mass is 497 g/mol. The molecule has 176 valence electrons. The van der Waals surface area contributed by atoms with Gasteiger partial charge in [-0.15, -0.1) is 11.3 Å². The average Bonchev–Trinajstić information content (AvgIpc) is 3.44. The minimum Gasteiger partial charge on any atom is -0.497 e. The van der Waals surface area contributed by atoms with Crippen LogP contribution in [0.1, 0.15) is 34.5 Å². The van der Waals surface area contributed by atoms with Crippen LogP contribution in [0, 0.1) is 0 Å². The summed E-state index contributed by atoms with van der Waals surface area (Å²) < 4.78 is 10.6. The molecule has 1 saturated heterocycles. The summed E-state index contributed by atoms with van der Waals surface area (Å²) in [6, 6.07) is 12.2. The van der Waals surface area contributed by atoms with Gasteiger partial charge < -0.3 is 9.47 Å². The average molecular weight is 498 g/mol. The number of hydrogen-bond acceptors (Lipinski definition) is 8. The van der Waals surface area contributed by atoms with E-state index < -0.39 is 0 Å². The predicted octanol–water partition coefficient (Wildman–Crippen LogP) is 4.50. The van der Waals surface area contributed by atoms with Crippen molar-refractivity contribution < 1.29 is 23.9 Å². The number of nitrogens with zero attached hydrogens (tertiary/aromatic N) is 2. The van der Waals surface area contributed by atoms with Gasteiger partial charge >= 0.3 is 0 Å². The Kier molecular flexibility index (Phi) is 7.49. The zero-order chi connectivity index (χ0) is 24.1. The number of thiazole rings is 1. The second-order valence-corrected chi connectivity index (χ2v) is 9.33. The number of hydrogen-bond donors (Lipinski definition) is 1. The fourth-order valence-corrected chi connectivity index (χ4v) is 5.12. The molecule has 0 saturated carbocycles. The molecule has 3 aromatic rings. The minimum absolute atomic E-state index is 0.221. The van der Waals surface area contributed by atoms with Crippen LogP contribution in [0.15, 0.2) is 47.8 Å². The molecule has 3 amide bonds. The number of ether oxygens (including phenoxy) is 2. The van der Waals surface area contributed by atoms with Crippen LogP contribution < -0.4 is 19.7 Å². The van der Waals surface area contributed by atoms with Crippen LogP contribution in [-0.2, 0) is 21.1 Å². The molecule has 1 aliphatic rings. The number of carbonyl (C=O) groups excluding carboxylic acids is 3. The van der Waals surface area contributed by atoms with Gasteiger partial charge in [-0.25, -0.2) is 4.98 Å². The van der Waals surface area contributed by atoms with Crippen LogP contribution in [0.5, 0.6) is 11.5 Å². The number of imide groups is 1. The molecular formula is C24H23N3O5S2.